The first-order chi connectivity index (χ1) is 15.0. The fraction of sp³-hybridized carbons (Fsp3) is 0.217. The highest BCUT2D eigenvalue weighted by molar-refractivity contribution is 6.31. The number of aromatic hydroxyl groups is 1. The Hall–Kier alpha value is -3.45. The van der Waals surface area contributed by atoms with E-state index < -0.39 is 18.0 Å². The van der Waals surface area contributed by atoms with Gasteiger partial charge in [-0.3, -0.25) is 19.9 Å². The maximum Gasteiger partial charge on any atom is 0.244 e. The summed E-state index contributed by atoms with van der Waals surface area (Å²) in [5.74, 6) is -0.838. The number of halogens is 1. The highest BCUT2D eigenvalue weighted by Crippen LogP contribution is 2.44. The summed E-state index contributed by atoms with van der Waals surface area (Å²) in [4.78, 5) is 31.0. The lowest BCUT2D eigenvalue weighted by Gasteiger charge is -2.41. The number of rotatable bonds is 5. The predicted octanol–water partition coefficient (Wildman–Crippen LogP) is 4.34. The van der Waals surface area contributed by atoms with E-state index in [0.29, 0.717) is 16.1 Å². The van der Waals surface area contributed by atoms with Crippen molar-refractivity contribution >= 4 is 17.5 Å². The molecule has 3 aromatic rings. The summed E-state index contributed by atoms with van der Waals surface area (Å²) in [6, 6.07) is 14.8. The summed E-state index contributed by atoms with van der Waals surface area (Å²) >= 11 is 6.37. The zero-order valence-electron chi connectivity index (χ0n) is 16.5. The van der Waals surface area contributed by atoms with Gasteiger partial charge in [-0.15, -0.1) is 0 Å². The second-order valence-electron chi connectivity index (χ2n) is 7.53. The van der Waals surface area contributed by atoms with Crippen LogP contribution >= 0.6 is 11.6 Å². The molecule has 1 aliphatic heterocycles. The molecule has 0 unspecified atom stereocenters. The third-order valence-corrected chi connectivity index (χ3v) is 5.99. The molecule has 0 spiro atoms. The number of amides is 1. The highest BCUT2D eigenvalue weighted by Gasteiger charge is 2.51. The maximum absolute atomic E-state index is 13.3. The molecule has 0 radical (unpaired) electrons. The van der Waals surface area contributed by atoms with Crippen LogP contribution in [-0.4, -0.2) is 31.9 Å². The second kappa shape index (κ2) is 8.73. The van der Waals surface area contributed by atoms with Crippen LogP contribution < -0.4 is 0 Å². The Kier molecular flexibility index (Phi) is 5.86. The molecule has 7 nitrogen and oxygen atoms in total. The van der Waals surface area contributed by atoms with Gasteiger partial charge in [-0.05, 0) is 41.0 Å². The van der Waals surface area contributed by atoms with Crippen LogP contribution in [0.25, 0.3) is 0 Å². The lowest BCUT2D eigenvalue weighted by Crippen LogP contribution is -2.51. The summed E-state index contributed by atoms with van der Waals surface area (Å²) in [7, 11) is 0. The van der Waals surface area contributed by atoms with E-state index in [9.17, 15) is 20.0 Å². The number of phenolic OH excluding ortho intramolecular Hbond substituents is 1. The number of pyridine rings is 1. The van der Waals surface area contributed by atoms with Gasteiger partial charge in [0.25, 0.3) is 0 Å². The van der Waals surface area contributed by atoms with Crippen LogP contribution in [0.5, 0.6) is 5.75 Å². The largest absolute Gasteiger partial charge is 0.508 e. The zero-order valence-corrected chi connectivity index (χ0v) is 17.2. The number of likely N-dealkylation sites (tertiary alicyclic amines) is 1. The molecule has 0 saturated carbocycles. The van der Waals surface area contributed by atoms with E-state index in [4.69, 9.17) is 11.6 Å². The molecule has 1 amide bonds. The smallest absolute Gasteiger partial charge is 0.244 e. The molecule has 31 heavy (non-hydrogen) atoms. The molecule has 8 heteroatoms. The second-order valence-corrected chi connectivity index (χ2v) is 7.93. The normalized spacial score (nSPS) is 21.1. The summed E-state index contributed by atoms with van der Waals surface area (Å²) in [6.07, 6.45) is 3.25. The Morgan fingerprint density at radius 2 is 1.87 bits per heavy atom. The molecule has 158 valence electrons. The van der Waals surface area contributed by atoms with Crippen molar-refractivity contribution in [3.63, 3.8) is 0 Å². The molecular weight excluding hydrogens is 418 g/mol. The van der Waals surface area contributed by atoms with Crippen molar-refractivity contribution < 1.29 is 14.8 Å². The molecule has 3 atom stereocenters. The van der Waals surface area contributed by atoms with Gasteiger partial charge in [-0.25, -0.2) is 0 Å². The molecule has 1 aromatic heterocycles. The molecule has 0 bridgehead atoms. The molecule has 1 fully saturated rings. The van der Waals surface area contributed by atoms with Crippen molar-refractivity contribution in [2.75, 3.05) is 0 Å². The van der Waals surface area contributed by atoms with Crippen LogP contribution in [0.15, 0.2) is 73.1 Å². The molecule has 2 aromatic carbocycles. The van der Waals surface area contributed by atoms with Gasteiger partial charge in [0, 0.05) is 35.3 Å². The van der Waals surface area contributed by atoms with Crippen molar-refractivity contribution in [3.05, 3.63) is 105 Å². The van der Waals surface area contributed by atoms with Gasteiger partial charge < -0.3 is 10.0 Å². The van der Waals surface area contributed by atoms with E-state index in [2.05, 4.69) is 4.98 Å². The van der Waals surface area contributed by atoms with Gasteiger partial charge in [0.05, 0.1) is 5.92 Å². The molecule has 1 saturated heterocycles. The fourth-order valence-electron chi connectivity index (χ4n) is 4.24. The average molecular weight is 438 g/mol. The van der Waals surface area contributed by atoms with E-state index in [-0.39, 0.29) is 29.5 Å². The van der Waals surface area contributed by atoms with Gasteiger partial charge in [-0.2, -0.15) is 0 Å². The van der Waals surface area contributed by atoms with E-state index in [0.717, 1.165) is 5.56 Å². The number of aromatic nitrogens is 1. The number of carbonyl (C=O) groups excluding carboxylic acids is 1. The summed E-state index contributed by atoms with van der Waals surface area (Å²) < 4.78 is 0. The van der Waals surface area contributed by atoms with Crippen LogP contribution in [0.3, 0.4) is 0 Å². The number of carbonyl (C=O) groups is 1. The van der Waals surface area contributed by atoms with Gasteiger partial charge >= 0.3 is 0 Å². The summed E-state index contributed by atoms with van der Waals surface area (Å²) in [5.41, 5.74) is 1.94. The Bertz CT molecular complexity index is 1090. The van der Waals surface area contributed by atoms with Crippen LogP contribution in [0, 0.1) is 10.1 Å². The monoisotopic (exact) mass is 437 g/mol. The average Bonchev–Trinajstić information content (AvgIpc) is 2.76. The van der Waals surface area contributed by atoms with Gasteiger partial charge in [0.15, 0.2) is 0 Å². The van der Waals surface area contributed by atoms with Crippen LogP contribution in [0.2, 0.25) is 5.02 Å². The summed E-state index contributed by atoms with van der Waals surface area (Å²) in [5, 5.41) is 22.5. The minimum Gasteiger partial charge on any atom is -0.508 e. The van der Waals surface area contributed by atoms with Crippen LogP contribution in [0.1, 0.15) is 35.1 Å². The SMILES string of the molecule is O=C1C[C@@H](c2ccccc2Cl)[C@H]([N+](=O)[O-])[C@@H](c2ccc(O)cc2)N1Cc1cccnc1. The highest BCUT2D eigenvalue weighted by atomic mass is 35.5. The topological polar surface area (TPSA) is 96.6 Å². The summed E-state index contributed by atoms with van der Waals surface area (Å²) in [6.45, 7) is 0.192. The van der Waals surface area contributed by atoms with Crippen LogP contribution in [-0.2, 0) is 11.3 Å². The number of benzene rings is 2. The lowest BCUT2D eigenvalue weighted by atomic mass is 9.78. The Morgan fingerprint density at radius 1 is 1.13 bits per heavy atom. The molecule has 0 aliphatic carbocycles. The van der Waals surface area contributed by atoms with Crippen molar-refractivity contribution in [1.29, 1.82) is 0 Å². The molecule has 4 rings (SSSR count). The van der Waals surface area contributed by atoms with Gasteiger partial charge in [0.1, 0.15) is 11.8 Å². The molecule has 1 aliphatic rings. The Labute approximate surface area is 184 Å². The van der Waals surface area contributed by atoms with Crippen molar-refractivity contribution in [2.24, 2.45) is 0 Å². The third-order valence-electron chi connectivity index (χ3n) is 5.64. The molecule has 2 heterocycles. The maximum atomic E-state index is 13.3. The first kappa shape index (κ1) is 20.8. The van der Waals surface area contributed by atoms with Gasteiger partial charge in [0.2, 0.25) is 11.9 Å². The quantitative estimate of drug-likeness (QED) is 0.473. The number of nitrogens with zero attached hydrogens (tertiary/aromatic N) is 3. The van der Waals surface area contributed by atoms with Crippen molar-refractivity contribution in [3.8, 4) is 5.75 Å². The van der Waals surface area contributed by atoms with E-state index in [1.54, 1.807) is 54.9 Å². The zero-order chi connectivity index (χ0) is 22.0. The van der Waals surface area contributed by atoms with Crippen LogP contribution in [0.4, 0.5) is 0 Å². The van der Waals surface area contributed by atoms with Crippen molar-refractivity contribution in [2.45, 2.75) is 31.0 Å². The minimum absolute atomic E-state index is 0.0236. The third kappa shape index (κ3) is 4.22. The van der Waals surface area contributed by atoms with E-state index >= 15 is 0 Å². The number of nitro groups is 1. The van der Waals surface area contributed by atoms with E-state index in [1.165, 1.54) is 17.0 Å². The Morgan fingerprint density at radius 3 is 2.52 bits per heavy atom. The number of hydrogen-bond donors (Lipinski definition) is 1. The molecular formula is C23H20ClN3O4. The first-order valence-corrected chi connectivity index (χ1v) is 10.2. The van der Waals surface area contributed by atoms with E-state index in [1.807, 2.05) is 6.07 Å². The lowest BCUT2D eigenvalue weighted by molar-refractivity contribution is -0.537. The number of phenols is 1. The van der Waals surface area contributed by atoms with Gasteiger partial charge in [-0.1, -0.05) is 48.0 Å². The fourth-order valence-corrected chi connectivity index (χ4v) is 4.52. The minimum atomic E-state index is -1.11. The van der Waals surface area contributed by atoms with Crippen molar-refractivity contribution in [1.82, 2.24) is 9.88 Å². The standard InChI is InChI=1S/C23H20ClN3O4/c24-20-6-2-1-5-18(20)19-12-21(29)26(14-15-4-3-11-25-13-15)22(23(19)27(30)31)16-7-9-17(28)10-8-16/h1-11,13,19,22-23,28H,12,14H2/t19-,22+,23-/m0/s1. The number of piperidine rings is 1. The first-order valence-electron chi connectivity index (χ1n) is 9.81. The number of hydrogen-bond acceptors (Lipinski definition) is 5. The molecule has 1 N–H and O–H groups in total. The predicted molar refractivity (Wildman–Crippen MR) is 115 cm³/mol. The Balaban J connectivity index is 1.83.